The van der Waals surface area contributed by atoms with Gasteiger partial charge in [-0.1, -0.05) is 20.8 Å². The molecule has 0 aromatic heterocycles. The van der Waals surface area contributed by atoms with Gasteiger partial charge in [-0.15, -0.1) is 0 Å². The van der Waals surface area contributed by atoms with E-state index in [1.54, 1.807) is 0 Å². The molecule has 3 heteroatoms. The number of ether oxygens (including phenoxy) is 2. The van der Waals surface area contributed by atoms with Crippen LogP contribution in [0.2, 0.25) is 0 Å². The Labute approximate surface area is 107 Å². The molecule has 104 valence electrons. The van der Waals surface area contributed by atoms with Crippen LogP contribution in [0.25, 0.3) is 0 Å². The highest BCUT2D eigenvalue weighted by atomic mass is 16.5. The SMILES string of the molecule is CCC(CNC(C)(C)C)OCCOCC(C)C. The van der Waals surface area contributed by atoms with Gasteiger partial charge in [0.1, 0.15) is 0 Å². The lowest BCUT2D eigenvalue weighted by molar-refractivity contribution is -0.00340. The van der Waals surface area contributed by atoms with Gasteiger partial charge in [0.2, 0.25) is 0 Å². The van der Waals surface area contributed by atoms with Crippen molar-refractivity contribution in [3.05, 3.63) is 0 Å². The van der Waals surface area contributed by atoms with Gasteiger partial charge in [0.05, 0.1) is 19.3 Å². The first-order valence-corrected chi connectivity index (χ1v) is 6.79. The molecule has 0 aromatic rings. The fourth-order valence-corrected chi connectivity index (χ4v) is 1.33. The second kappa shape index (κ2) is 8.90. The first-order valence-electron chi connectivity index (χ1n) is 6.79. The van der Waals surface area contributed by atoms with E-state index < -0.39 is 0 Å². The summed E-state index contributed by atoms with van der Waals surface area (Å²) in [5, 5.41) is 3.47. The molecule has 0 aliphatic rings. The maximum atomic E-state index is 5.78. The fraction of sp³-hybridized carbons (Fsp3) is 1.00. The van der Waals surface area contributed by atoms with Crippen LogP contribution in [-0.2, 0) is 9.47 Å². The van der Waals surface area contributed by atoms with Gasteiger partial charge in [-0.25, -0.2) is 0 Å². The van der Waals surface area contributed by atoms with E-state index >= 15 is 0 Å². The van der Waals surface area contributed by atoms with Crippen LogP contribution >= 0.6 is 0 Å². The summed E-state index contributed by atoms with van der Waals surface area (Å²) >= 11 is 0. The summed E-state index contributed by atoms with van der Waals surface area (Å²) in [4.78, 5) is 0. The highest BCUT2D eigenvalue weighted by Gasteiger charge is 2.13. The molecule has 0 bridgehead atoms. The molecule has 1 N–H and O–H groups in total. The molecule has 1 atom stereocenters. The Balaban J connectivity index is 3.55. The van der Waals surface area contributed by atoms with Gasteiger partial charge in [0, 0.05) is 18.7 Å². The quantitative estimate of drug-likeness (QED) is 0.634. The molecule has 0 heterocycles. The van der Waals surface area contributed by atoms with Crippen molar-refractivity contribution in [2.75, 3.05) is 26.4 Å². The average Bonchev–Trinajstić information content (AvgIpc) is 2.20. The Morgan fingerprint density at radius 3 is 2.24 bits per heavy atom. The lowest BCUT2D eigenvalue weighted by Gasteiger charge is -2.25. The Bertz CT molecular complexity index is 176. The van der Waals surface area contributed by atoms with Crippen LogP contribution < -0.4 is 5.32 Å². The molecule has 0 amide bonds. The second-order valence-corrected chi connectivity index (χ2v) is 6.00. The number of rotatable bonds is 9. The summed E-state index contributed by atoms with van der Waals surface area (Å²) in [5.41, 5.74) is 0.158. The molecule has 0 aliphatic heterocycles. The summed E-state index contributed by atoms with van der Waals surface area (Å²) in [6.07, 6.45) is 1.32. The second-order valence-electron chi connectivity index (χ2n) is 6.00. The van der Waals surface area contributed by atoms with Crippen LogP contribution in [0.4, 0.5) is 0 Å². The van der Waals surface area contributed by atoms with Gasteiger partial charge < -0.3 is 14.8 Å². The van der Waals surface area contributed by atoms with E-state index in [2.05, 4.69) is 46.9 Å². The third-order valence-electron chi connectivity index (χ3n) is 2.35. The van der Waals surface area contributed by atoms with Crippen molar-refractivity contribution >= 4 is 0 Å². The standard InChI is InChI=1S/C14H31NO2/c1-7-13(10-15-14(4,5)6)17-9-8-16-11-12(2)3/h12-13,15H,7-11H2,1-6H3. The van der Waals surface area contributed by atoms with Crippen molar-refractivity contribution in [3.63, 3.8) is 0 Å². The predicted octanol–water partition coefficient (Wildman–Crippen LogP) is 2.84. The van der Waals surface area contributed by atoms with Crippen molar-refractivity contribution in [1.29, 1.82) is 0 Å². The molecule has 0 fully saturated rings. The van der Waals surface area contributed by atoms with Crippen molar-refractivity contribution in [2.45, 2.75) is 59.6 Å². The Kier molecular flexibility index (Phi) is 8.83. The molecule has 0 aliphatic carbocycles. The molecule has 17 heavy (non-hydrogen) atoms. The van der Waals surface area contributed by atoms with E-state index in [-0.39, 0.29) is 11.6 Å². The molecule has 0 radical (unpaired) electrons. The smallest absolute Gasteiger partial charge is 0.0704 e. The van der Waals surface area contributed by atoms with E-state index in [0.29, 0.717) is 19.1 Å². The molecule has 0 rings (SSSR count). The average molecular weight is 245 g/mol. The Morgan fingerprint density at radius 1 is 1.12 bits per heavy atom. The van der Waals surface area contributed by atoms with E-state index in [1.165, 1.54) is 0 Å². The normalized spacial score (nSPS) is 14.3. The lowest BCUT2D eigenvalue weighted by Crippen LogP contribution is -2.41. The summed E-state index contributed by atoms with van der Waals surface area (Å²) in [6, 6.07) is 0. The van der Waals surface area contributed by atoms with Crippen molar-refractivity contribution in [3.8, 4) is 0 Å². The van der Waals surface area contributed by atoms with Crippen molar-refractivity contribution in [1.82, 2.24) is 5.32 Å². The minimum Gasteiger partial charge on any atom is -0.379 e. The van der Waals surface area contributed by atoms with Crippen LogP contribution in [0.5, 0.6) is 0 Å². The zero-order chi connectivity index (χ0) is 13.3. The van der Waals surface area contributed by atoms with E-state index in [1.807, 2.05) is 0 Å². The zero-order valence-electron chi connectivity index (χ0n) is 12.5. The first-order chi connectivity index (χ1) is 7.85. The van der Waals surface area contributed by atoms with Gasteiger partial charge in [-0.3, -0.25) is 0 Å². The van der Waals surface area contributed by atoms with Gasteiger partial charge in [-0.05, 0) is 33.1 Å². The minimum absolute atomic E-state index is 0.158. The summed E-state index contributed by atoms with van der Waals surface area (Å²) in [7, 11) is 0. The fourth-order valence-electron chi connectivity index (χ4n) is 1.33. The van der Waals surface area contributed by atoms with Crippen LogP contribution in [0.15, 0.2) is 0 Å². The summed E-state index contributed by atoms with van der Waals surface area (Å²) in [6.45, 7) is 16.1. The highest BCUT2D eigenvalue weighted by molar-refractivity contribution is 4.72. The third-order valence-corrected chi connectivity index (χ3v) is 2.35. The number of nitrogens with one attached hydrogen (secondary N) is 1. The molecular formula is C14H31NO2. The van der Waals surface area contributed by atoms with Gasteiger partial charge in [0.25, 0.3) is 0 Å². The molecule has 0 aromatic carbocycles. The van der Waals surface area contributed by atoms with E-state index in [4.69, 9.17) is 9.47 Å². The van der Waals surface area contributed by atoms with Crippen LogP contribution in [0, 0.1) is 5.92 Å². The Morgan fingerprint density at radius 2 is 1.76 bits per heavy atom. The topological polar surface area (TPSA) is 30.5 Å². The third kappa shape index (κ3) is 12.1. The predicted molar refractivity (Wildman–Crippen MR) is 73.4 cm³/mol. The molecule has 3 nitrogen and oxygen atoms in total. The molecule has 0 saturated heterocycles. The monoisotopic (exact) mass is 245 g/mol. The van der Waals surface area contributed by atoms with Gasteiger partial charge in [0.15, 0.2) is 0 Å². The molecule has 0 saturated carbocycles. The van der Waals surface area contributed by atoms with Crippen molar-refractivity contribution in [2.24, 2.45) is 5.92 Å². The summed E-state index contributed by atoms with van der Waals surface area (Å²) in [5.74, 6) is 0.597. The Hall–Kier alpha value is -0.120. The largest absolute Gasteiger partial charge is 0.379 e. The maximum absolute atomic E-state index is 5.78. The lowest BCUT2D eigenvalue weighted by atomic mass is 10.1. The maximum Gasteiger partial charge on any atom is 0.0704 e. The number of hydrogen-bond acceptors (Lipinski definition) is 3. The van der Waals surface area contributed by atoms with Crippen LogP contribution in [0.1, 0.15) is 48.0 Å². The van der Waals surface area contributed by atoms with Crippen molar-refractivity contribution < 1.29 is 9.47 Å². The summed E-state index contributed by atoms with van der Waals surface area (Å²) < 4.78 is 11.3. The van der Waals surface area contributed by atoms with E-state index in [9.17, 15) is 0 Å². The van der Waals surface area contributed by atoms with Crippen LogP contribution in [-0.4, -0.2) is 38.0 Å². The molecular weight excluding hydrogens is 214 g/mol. The minimum atomic E-state index is 0.158. The zero-order valence-corrected chi connectivity index (χ0v) is 12.5. The van der Waals surface area contributed by atoms with Gasteiger partial charge in [-0.2, -0.15) is 0 Å². The van der Waals surface area contributed by atoms with Gasteiger partial charge >= 0.3 is 0 Å². The highest BCUT2D eigenvalue weighted by Crippen LogP contribution is 2.02. The van der Waals surface area contributed by atoms with E-state index in [0.717, 1.165) is 19.6 Å². The first kappa shape index (κ1) is 16.9. The molecule has 1 unspecified atom stereocenters. The molecule has 0 spiro atoms. The van der Waals surface area contributed by atoms with Crippen LogP contribution in [0.3, 0.4) is 0 Å². The number of hydrogen-bond donors (Lipinski definition) is 1.